The van der Waals surface area contributed by atoms with Crippen LogP contribution in [0.1, 0.15) is 13.3 Å². The van der Waals surface area contributed by atoms with E-state index in [0.29, 0.717) is 0 Å². The zero-order valence-electron chi connectivity index (χ0n) is 14.2. The van der Waals surface area contributed by atoms with Gasteiger partial charge in [-0.15, -0.1) is 0 Å². The summed E-state index contributed by atoms with van der Waals surface area (Å²) >= 11 is 0. The number of hydrogen-bond donors (Lipinski definition) is 0. The van der Waals surface area contributed by atoms with E-state index in [1.165, 1.54) is 0 Å². The average Bonchev–Trinajstić information content (AvgIpc) is 3.06. The molecule has 0 aliphatic carbocycles. The van der Waals surface area contributed by atoms with E-state index in [0.717, 1.165) is 46.9 Å². The molecule has 0 bridgehead atoms. The zero-order valence-corrected chi connectivity index (χ0v) is 14.2. The van der Waals surface area contributed by atoms with Gasteiger partial charge in [-0.05, 0) is 30.7 Å². The van der Waals surface area contributed by atoms with Crippen molar-refractivity contribution in [3.63, 3.8) is 0 Å². The lowest BCUT2D eigenvalue weighted by Crippen LogP contribution is -1.98. The molecule has 0 amide bonds. The van der Waals surface area contributed by atoms with Crippen LogP contribution in [0.5, 0.6) is 5.75 Å². The van der Waals surface area contributed by atoms with Crippen molar-refractivity contribution >= 4 is 11.0 Å². The number of benzene rings is 3. The van der Waals surface area contributed by atoms with Crippen molar-refractivity contribution in [3.05, 3.63) is 78.9 Å². The van der Waals surface area contributed by atoms with Gasteiger partial charge in [0.2, 0.25) is 0 Å². The summed E-state index contributed by atoms with van der Waals surface area (Å²) in [6.45, 7) is 2.83. The number of hydrogen-bond acceptors (Lipinski definition) is 2. The SMILES string of the molecule is CCCOc1ccc2nc(-c3ccccc3)n(-c3ccccc3)c2c1. The molecule has 1 aromatic heterocycles. The topological polar surface area (TPSA) is 27.1 Å². The molecule has 1 heterocycles. The maximum atomic E-state index is 5.83. The van der Waals surface area contributed by atoms with Crippen molar-refractivity contribution in [1.29, 1.82) is 0 Å². The summed E-state index contributed by atoms with van der Waals surface area (Å²) < 4.78 is 8.03. The molecule has 25 heavy (non-hydrogen) atoms. The Morgan fingerprint density at radius 1 is 0.880 bits per heavy atom. The lowest BCUT2D eigenvalue weighted by molar-refractivity contribution is 0.318. The first-order valence-corrected chi connectivity index (χ1v) is 8.63. The molecule has 0 aliphatic heterocycles. The number of imidazole rings is 1. The fraction of sp³-hybridized carbons (Fsp3) is 0.136. The Kier molecular flexibility index (Phi) is 4.21. The molecule has 3 heteroatoms. The number of ether oxygens (including phenoxy) is 1. The first-order valence-electron chi connectivity index (χ1n) is 8.63. The minimum atomic E-state index is 0.719. The number of aromatic nitrogens is 2. The van der Waals surface area contributed by atoms with Crippen LogP contribution in [0.25, 0.3) is 28.1 Å². The molecular formula is C22H20N2O. The fourth-order valence-electron chi connectivity index (χ4n) is 2.98. The maximum absolute atomic E-state index is 5.83. The molecule has 0 saturated heterocycles. The number of nitrogens with zero attached hydrogens (tertiary/aromatic N) is 2. The van der Waals surface area contributed by atoms with E-state index in [9.17, 15) is 0 Å². The van der Waals surface area contributed by atoms with Crippen molar-refractivity contribution in [3.8, 4) is 22.8 Å². The summed E-state index contributed by atoms with van der Waals surface area (Å²) in [7, 11) is 0. The second-order valence-corrected chi connectivity index (χ2v) is 5.97. The Labute approximate surface area is 147 Å². The van der Waals surface area contributed by atoms with Gasteiger partial charge in [0.05, 0.1) is 17.6 Å². The summed E-state index contributed by atoms with van der Waals surface area (Å²) in [6.07, 6.45) is 0.991. The molecule has 0 radical (unpaired) electrons. The zero-order chi connectivity index (χ0) is 17.1. The predicted molar refractivity (Wildman–Crippen MR) is 102 cm³/mol. The van der Waals surface area contributed by atoms with Crippen LogP contribution in [0.15, 0.2) is 78.9 Å². The van der Waals surface area contributed by atoms with Gasteiger partial charge in [-0.25, -0.2) is 4.98 Å². The molecule has 124 valence electrons. The van der Waals surface area contributed by atoms with E-state index < -0.39 is 0 Å². The highest BCUT2D eigenvalue weighted by Gasteiger charge is 2.14. The Hall–Kier alpha value is -3.07. The second kappa shape index (κ2) is 6.81. The molecule has 0 N–H and O–H groups in total. The van der Waals surface area contributed by atoms with E-state index in [4.69, 9.17) is 9.72 Å². The molecule has 0 saturated carbocycles. The first kappa shape index (κ1) is 15.5. The average molecular weight is 328 g/mol. The van der Waals surface area contributed by atoms with E-state index in [1.54, 1.807) is 0 Å². The van der Waals surface area contributed by atoms with Crippen LogP contribution in [-0.2, 0) is 0 Å². The molecule has 3 nitrogen and oxygen atoms in total. The van der Waals surface area contributed by atoms with Gasteiger partial charge < -0.3 is 4.74 Å². The van der Waals surface area contributed by atoms with E-state index in [-0.39, 0.29) is 0 Å². The Morgan fingerprint density at radius 2 is 1.60 bits per heavy atom. The van der Waals surface area contributed by atoms with Gasteiger partial charge in [-0.2, -0.15) is 0 Å². The molecule has 4 aromatic rings. The third kappa shape index (κ3) is 3.01. The second-order valence-electron chi connectivity index (χ2n) is 5.97. The summed E-state index contributed by atoms with van der Waals surface area (Å²) in [4.78, 5) is 4.89. The Balaban J connectivity index is 1.95. The van der Waals surface area contributed by atoms with Crippen LogP contribution in [-0.4, -0.2) is 16.2 Å². The van der Waals surface area contributed by atoms with E-state index in [1.807, 2.05) is 48.5 Å². The maximum Gasteiger partial charge on any atom is 0.145 e. The van der Waals surface area contributed by atoms with Gasteiger partial charge in [-0.3, -0.25) is 4.57 Å². The summed E-state index contributed by atoms with van der Waals surface area (Å²) in [5.74, 6) is 1.82. The number of fused-ring (bicyclic) bond motifs is 1. The van der Waals surface area contributed by atoms with Crippen LogP contribution in [0.4, 0.5) is 0 Å². The summed E-state index contributed by atoms with van der Waals surface area (Å²) in [5, 5.41) is 0. The molecule has 0 aliphatic rings. The third-order valence-electron chi connectivity index (χ3n) is 4.15. The molecular weight excluding hydrogens is 308 g/mol. The Morgan fingerprint density at radius 3 is 2.32 bits per heavy atom. The van der Waals surface area contributed by atoms with Crippen molar-refractivity contribution in [2.75, 3.05) is 6.61 Å². The third-order valence-corrected chi connectivity index (χ3v) is 4.15. The van der Waals surface area contributed by atoms with Gasteiger partial charge in [0.1, 0.15) is 11.6 Å². The van der Waals surface area contributed by atoms with Crippen molar-refractivity contribution in [2.24, 2.45) is 0 Å². The van der Waals surface area contributed by atoms with Gasteiger partial charge in [-0.1, -0.05) is 55.5 Å². The fourth-order valence-corrected chi connectivity index (χ4v) is 2.98. The number of rotatable bonds is 5. The summed E-state index contributed by atoms with van der Waals surface area (Å²) in [6, 6.07) is 26.7. The standard InChI is InChI=1S/C22H20N2O/c1-2-15-25-19-13-14-20-21(16-19)24(18-11-7-4-8-12-18)22(23-20)17-9-5-3-6-10-17/h3-14,16H,2,15H2,1H3. The molecule has 0 atom stereocenters. The van der Waals surface area contributed by atoms with Gasteiger partial charge in [0.15, 0.2) is 0 Å². The van der Waals surface area contributed by atoms with Gasteiger partial charge >= 0.3 is 0 Å². The highest BCUT2D eigenvalue weighted by Crippen LogP contribution is 2.30. The predicted octanol–water partition coefficient (Wildman–Crippen LogP) is 5.48. The van der Waals surface area contributed by atoms with Crippen LogP contribution in [0, 0.1) is 0 Å². The molecule has 4 rings (SSSR count). The highest BCUT2D eigenvalue weighted by molar-refractivity contribution is 5.84. The molecule has 0 spiro atoms. The van der Waals surface area contributed by atoms with Crippen LogP contribution in [0.3, 0.4) is 0 Å². The first-order chi connectivity index (χ1) is 12.4. The van der Waals surface area contributed by atoms with Crippen molar-refractivity contribution < 1.29 is 4.74 Å². The Bertz CT molecular complexity index is 975. The largest absolute Gasteiger partial charge is 0.494 e. The van der Waals surface area contributed by atoms with Crippen LogP contribution in [0.2, 0.25) is 0 Å². The summed E-state index contributed by atoms with van der Waals surface area (Å²) in [5.41, 5.74) is 4.21. The minimum absolute atomic E-state index is 0.719. The van der Waals surface area contributed by atoms with Gasteiger partial charge in [0, 0.05) is 17.3 Å². The smallest absolute Gasteiger partial charge is 0.145 e. The van der Waals surface area contributed by atoms with E-state index in [2.05, 4.69) is 41.8 Å². The molecule has 0 unspecified atom stereocenters. The quantitative estimate of drug-likeness (QED) is 0.485. The van der Waals surface area contributed by atoms with Crippen LogP contribution >= 0.6 is 0 Å². The molecule has 3 aromatic carbocycles. The minimum Gasteiger partial charge on any atom is -0.494 e. The van der Waals surface area contributed by atoms with Gasteiger partial charge in [0.25, 0.3) is 0 Å². The normalized spacial score (nSPS) is 10.9. The number of para-hydroxylation sites is 1. The van der Waals surface area contributed by atoms with Crippen LogP contribution < -0.4 is 4.74 Å². The van der Waals surface area contributed by atoms with Crippen molar-refractivity contribution in [1.82, 2.24) is 9.55 Å². The molecule has 0 fully saturated rings. The lowest BCUT2D eigenvalue weighted by Gasteiger charge is -2.10. The van der Waals surface area contributed by atoms with E-state index >= 15 is 0 Å². The lowest BCUT2D eigenvalue weighted by atomic mass is 10.2. The van der Waals surface area contributed by atoms with Crippen molar-refractivity contribution in [2.45, 2.75) is 13.3 Å². The monoisotopic (exact) mass is 328 g/mol. The highest BCUT2D eigenvalue weighted by atomic mass is 16.5.